The average molecular weight is 393 g/mol. The fraction of sp³-hybridized carbons (Fsp3) is 0.333. The lowest BCUT2D eigenvalue weighted by Gasteiger charge is -2.15. The molecule has 5 nitrogen and oxygen atoms in total. The predicted molar refractivity (Wildman–Crippen MR) is 116 cm³/mol. The van der Waals surface area contributed by atoms with Crippen LogP contribution in [0, 0.1) is 12.8 Å². The van der Waals surface area contributed by atoms with Crippen LogP contribution in [-0.4, -0.2) is 25.9 Å². The van der Waals surface area contributed by atoms with E-state index in [0.29, 0.717) is 5.56 Å². The van der Waals surface area contributed by atoms with Gasteiger partial charge in [-0.1, -0.05) is 13.8 Å². The van der Waals surface area contributed by atoms with Gasteiger partial charge in [0.1, 0.15) is 11.3 Å². The van der Waals surface area contributed by atoms with Crippen LogP contribution in [-0.2, 0) is 4.74 Å². The summed E-state index contributed by atoms with van der Waals surface area (Å²) in [4.78, 5) is 16.6. The van der Waals surface area contributed by atoms with Crippen molar-refractivity contribution in [3.05, 3.63) is 59.4 Å². The summed E-state index contributed by atoms with van der Waals surface area (Å²) < 4.78 is 16.4. The monoisotopic (exact) mass is 393 g/mol. The summed E-state index contributed by atoms with van der Waals surface area (Å²) in [6.45, 7) is 6.37. The molecule has 0 aliphatic carbocycles. The molecule has 0 saturated carbocycles. The zero-order valence-corrected chi connectivity index (χ0v) is 17.6. The average Bonchev–Trinajstić information content (AvgIpc) is 3.09. The highest BCUT2D eigenvalue weighted by Crippen LogP contribution is 2.32. The summed E-state index contributed by atoms with van der Waals surface area (Å²) in [7, 11) is 3.03. The number of rotatable bonds is 7. The Hall–Kier alpha value is -3.08. The van der Waals surface area contributed by atoms with Crippen LogP contribution in [0.5, 0.6) is 5.75 Å². The maximum atomic E-state index is 11.7. The summed E-state index contributed by atoms with van der Waals surface area (Å²) in [5, 5.41) is 1.03. The van der Waals surface area contributed by atoms with Crippen molar-refractivity contribution < 1.29 is 18.7 Å². The first-order chi connectivity index (χ1) is 14.0. The van der Waals surface area contributed by atoms with E-state index in [9.17, 15) is 4.79 Å². The molecule has 1 heterocycles. The van der Waals surface area contributed by atoms with Gasteiger partial charge in [0.15, 0.2) is 5.76 Å². The van der Waals surface area contributed by atoms with Crippen molar-refractivity contribution in [1.29, 1.82) is 0 Å². The van der Waals surface area contributed by atoms with Crippen molar-refractivity contribution in [3.8, 4) is 5.75 Å². The molecule has 1 aromatic heterocycles. The molecule has 0 spiro atoms. The molecular formula is C24H27NO4. The first-order valence-electron chi connectivity index (χ1n) is 9.86. The smallest absolute Gasteiger partial charge is 0.337 e. The minimum absolute atomic E-state index is 0.261. The van der Waals surface area contributed by atoms with E-state index in [1.165, 1.54) is 7.11 Å². The molecule has 0 aliphatic heterocycles. The molecular weight excluding hydrogens is 366 g/mol. The fourth-order valence-corrected chi connectivity index (χ4v) is 3.50. The van der Waals surface area contributed by atoms with Gasteiger partial charge in [0.25, 0.3) is 0 Å². The van der Waals surface area contributed by atoms with Crippen LogP contribution in [0.3, 0.4) is 0 Å². The highest BCUT2D eigenvalue weighted by Gasteiger charge is 2.22. The summed E-state index contributed by atoms with van der Waals surface area (Å²) in [5.41, 5.74) is 4.07. The van der Waals surface area contributed by atoms with Crippen LogP contribution >= 0.6 is 0 Å². The minimum Gasteiger partial charge on any atom is -0.497 e. The van der Waals surface area contributed by atoms with E-state index in [1.54, 1.807) is 19.2 Å². The maximum Gasteiger partial charge on any atom is 0.337 e. The number of fused-ring (bicyclic) bond motifs is 1. The molecule has 0 bridgehead atoms. The van der Waals surface area contributed by atoms with E-state index in [1.807, 2.05) is 30.3 Å². The second kappa shape index (κ2) is 8.95. The van der Waals surface area contributed by atoms with Crippen LogP contribution < -0.4 is 4.74 Å². The van der Waals surface area contributed by atoms with Gasteiger partial charge in [-0.15, -0.1) is 0 Å². The predicted octanol–water partition coefficient (Wildman–Crippen LogP) is 6.09. The molecule has 3 aromatic rings. The Bertz CT molecular complexity index is 1030. The standard InChI is InChI=1S/C24H27NO4/c1-6-16(7-2)22(25-18-10-8-17(9-11-18)24(26)28-5)23-15(3)20-14-19(27-4)12-13-21(20)29-23/h8-14,16H,6-7H2,1-5H3. The third kappa shape index (κ3) is 4.19. The molecule has 0 unspecified atom stereocenters. The number of furan rings is 1. The lowest BCUT2D eigenvalue weighted by atomic mass is 9.93. The molecule has 0 N–H and O–H groups in total. The Morgan fingerprint density at radius 2 is 1.76 bits per heavy atom. The quantitative estimate of drug-likeness (QED) is 0.360. The van der Waals surface area contributed by atoms with E-state index >= 15 is 0 Å². The van der Waals surface area contributed by atoms with Gasteiger partial charge < -0.3 is 13.9 Å². The second-order valence-electron chi connectivity index (χ2n) is 6.97. The lowest BCUT2D eigenvalue weighted by Crippen LogP contribution is -2.14. The number of methoxy groups -OCH3 is 2. The van der Waals surface area contributed by atoms with Crippen LogP contribution in [0.2, 0.25) is 0 Å². The summed E-state index contributed by atoms with van der Waals surface area (Å²) in [5.74, 6) is 1.51. The molecule has 152 valence electrons. The zero-order chi connectivity index (χ0) is 21.0. The highest BCUT2D eigenvalue weighted by molar-refractivity contribution is 6.06. The first-order valence-corrected chi connectivity index (χ1v) is 9.86. The van der Waals surface area contributed by atoms with Gasteiger partial charge in [0.05, 0.1) is 31.2 Å². The summed E-state index contributed by atoms with van der Waals surface area (Å²) in [6.07, 6.45) is 1.91. The highest BCUT2D eigenvalue weighted by atomic mass is 16.5. The van der Waals surface area contributed by atoms with E-state index in [4.69, 9.17) is 18.9 Å². The molecule has 0 aliphatic rings. The fourth-order valence-electron chi connectivity index (χ4n) is 3.50. The Morgan fingerprint density at radius 3 is 2.34 bits per heavy atom. The number of aryl methyl sites for hydroxylation is 1. The SMILES string of the molecule is CCC(CC)C(=Nc1ccc(C(=O)OC)cc1)c1oc2ccc(OC)cc2c1C. The first kappa shape index (κ1) is 20.6. The van der Waals surface area contributed by atoms with Gasteiger partial charge in [-0.25, -0.2) is 9.79 Å². The molecule has 0 atom stereocenters. The van der Waals surface area contributed by atoms with Crippen molar-refractivity contribution in [1.82, 2.24) is 0 Å². The number of nitrogens with zero attached hydrogens (tertiary/aromatic N) is 1. The molecule has 5 heteroatoms. The van der Waals surface area contributed by atoms with Crippen molar-refractivity contribution >= 4 is 28.3 Å². The molecule has 0 amide bonds. The van der Waals surface area contributed by atoms with Gasteiger partial charge in [-0.2, -0.15) is 0 Å². The van der Waals surface area contributed by atoms with Crippen molar-refractivity contribution in [3.63, 3.8) is 0 Å². The summed E-state index contributed by atoms with van der Waals surface area (Å²) in [6, 6.07) is 12.9. The molecule has 29 heavy (non-hydrogen) atoms. The third-order valence-corrected chi connectivity index (χ3v) is 5.29. The van der Waals surface area contributed by atoms with E-state index < -0.39 is 0 Å². The number of aliphatic imine (C=N–C) groups is 1. The van der Waals surface area contributed by atoms with E-state index in [0.717, 1.165) is 52.3 Å². The number of carbonyl (C=O) groups is 1. The van der Waals surface area contributed by atoms with Crippen LogP contribution in [0.15, 0.2) is 51.9 Å². The Kier molecular flexibility index (Phi) is 6.37. The topological polar surface area (TPSA) is 61.0 Å². The third-order valence-electron chi connectivity index (χ3n) is 5.29. The Morgan fingerprint density at radius 1 is 1.07 bits per heavy atom. The number of esters is 1. The number of carbonyl (C=O) groups excluding carboxylic acids is 1. The van der Waals surface area contributed by atoms with E-state index in [2.05, 4.69) is 20.8 Å². The van der Waals surface area contributed by atoms with Gasteiger partial charge in [0, 0.05) is 16.9 Å². The van der Waals surface area contributed by atoms with Crippen LogP contribution in [0.25, 0.3) is 11.0 Å². The molecule has 3 rings (SSSR count). The van der Waals surface area contributed by atoms with Crippen LogP contribution in [0.1, 0.15) is 48.4 Å². The van der Waals surface area contributed by atoms with Gasteiger partial charge in [-0.3, -0.25) is 0 Å². The lowest BCUT2D eigenvalue weighted by molar-refractivity contribution is 0.0601. The van der Waals surface area contributed by atoms with Gasteiger partial charge in [0.2, 0.25) is 0 Å². The molecule has 0 fully saturated rings. The Labute approximate surface area is 171 Å². The second-order valence-corrected chi connectivity index (χ2v) is 6.97. The number of hydrogen-bond donors (Lipinski definition) is 0. The maximum absolute atomic E-state index is 11.7. The molecule has 0 radical (unpaired) electrons. The van der Waals surface area contributed by atoms with E-state index in [-0.39, 0.29) is 11.9 Å². The molecule has 2 aromatic carbocycles. The van der Waals surface area contributed by atoms with Crippen LogP contribution in [0.4, 0.5) is 5.69 Å². The number of hydrogen-bond acceptors (Lipinski definition) is 5. The van der Waals surface area contributed by atoms with Gasteiger partial charge in [-0.05, 0) is 62.2 Å². The molecule has 0 saturated heterocycles. The van der Waals surface area contributed by atoms with Crippen molar-refractivity contribution in [2.75, 3.05) is 14.2 Å². The zero-order valence-electron chi connectivity index (χ0n) is 17.6. The number of benzene rings is 2. The Balaban J connectivity index is 2.11. The summed E-state index contributed by atoms with van der Waals surface area (Å²) >= 11 is 0. The normalized spacial score (nSPS) is 11.9. The number of ether oxygens (including phenoxy) is 2. The van der Waals surface area contributed by atoms with Crippen molar-refractivity contribution in [2.45, 2.75) is 33.6 Å². The minimum atomic E-state index is -0.358. The van der Waals surface area contributed by atoms with Crippen molar-refractivity contribution in [2.24, 2.45) is 10.9 Å². The van der Waals surface area contributed by atoms with Gasteiger partial charge >= 0.3 is 5.97 Å². The largest absolute Gasteiger partial charge is 0.497 e.